The van der Waals surface area contributed by atoms with E-state index in [-0.39, 0.29) is 0 Å². The molecule has 0 aliphatic heterocycles. The molecular formula is C13H9F3N2S. The number of hydrogen-bond donors (Lipinski definition) is 1. The Bertz CT molecular complexity index is 567. The van der Waals surface area contributed by atoms with Crippen LogP contribution < -0.4 is 5.32 Å². The molecule has 1 atom stereocenters. The highest BCUT2D eigenvalue weighted by Crippen LogP contribution is 2.30. The lowest BCUT2D eigenvalue weighted by Gasteiger charge is -2.12. The molecule has 0 aliphatic carbocycles. The number of halogens is 3. The van der Waals surface area contributed by atoms with E-state index in [2.05, 4.69) is 11.4 Å². The summed E-state index contributed by atoms with van der Waals surface area (Å²) in [5.41, 5.74) is -0.226. The van der Waals surface area contributed by atoms with Crippen molar-refractivity contribution in [2.45, 2.75) is 12.2 Å². The smallest absolute Gasteiger partial charge is 0.366 e. The number of nitrogens with one attached hydrogen (secondary N) is 1. The van der Waals surface area contributed by atoms with E-state index in [0.29, 0.717) is 5.69 Å². The largest absolute Gasteiger partial charge is 0.416 e. The normalized spacial score (nSPS) is 12.7. The predicted octanol–water partition coefficient (Wildman–Crippen LogP) is 4.44. The molecule has 98 valence electrons. The minimum absolute atomic E-state index is 0.480. The minimum atomic E-state index is -4.35. The van der Waals surface area contributed by atoms with Crippen LogP contribution in [0.25, 0.3) is 0 Å². The Labute approximate surface area is 112 Å². The third-order valence-electron chi connectivity index (χ3n) is 2.48. The lowest BCUT2D eigenvalue weighted by Crippen LogP contribution is -2.08. The van der Waals surface area contributed by atoms with Crippen LogP contribution in [0, 0.1) is 11.3 Å². The average Bonchev–Trinajstić information content (AvgIpc) is 2.89. The van der Waals surface area contributed by atoms with Crippen LogP contribution in [0.2, 0.25) is 0 Å². The molecule has 2 nitrogen and oxygen atoms in total. The molecule has 0 aliphatic rings. The van der Waals surface area contributed by atoms with Crippen molar-refractivity contribution < 1.29 is 13.2 Å². The lowest BCUT2D eigenvalue weighted by molar-refractivity contribution is -0.137. The first-order chi connectivity index (χ1) is 9.00. The highest BCUT2D eigenvalue weighted by atomic mass is 32.1. The molecule has 19 heavy (non-hydrogen) atoms. The number of benzene rings is 1. The van der Waals surface area contributed by atoms with Crippen molar-refractivity contribution >= 4 is 17.0 Å². The maximum absolute atomic E-state index is 12.4. The SMILES string of the molecule is N#CC(Nc1ccc(C(F)(F)F)cc1)c1cccs1. The van der Waals surface area contributed by atoms with E-state index in [0.717, 1.165) is 17.0 Å². The molecule has 1 heterocycles. The molecule has 0 saturated carbocycles. The van der Waals surface area contributed by atoms with Crippen LogP contribution in [0.1, 0.15) is 16.5 Å². The van der Waals surface area contributed by atoms with Crippen LogP contribution in [0.4, 0.5) is 18.9 Å². The standard InChI is InChI=1S/C13H9F3N2S/c14-13(15,16)9-3-5-10(6-4-9)18-11(8-17)12-2-1-7-19-12/h1-7,11,18H. The van der Waals surface area contributed by atoms with Gasteiger partial charge in [0.25, 0.3) is 0 Å². The predicted molar refractivity (Wildman–Crippen MR) is 67.7 cm³/mol. The second-order valence-corrected chi connectivity index (χ2v) is 4.78. The zero-order valence-corrected chi connectivity index (χ0v) is 10.4. The molecule has 2 rings (SSSR count). The summed E-state index contributed by atoms with van der Waals surface area (Å²) in [5, 5.41) is 13.8. The Kier molecular flexibility index (Phi) is 3.76. The van der Waals surface area contributed by atoms with Crippen molar-refractivity contribution in [3.63, 3.8) is 0 Å². The number of nitrogens with zero attached hydrogens (tertiary/aromatic N) is 1. The molecule has 0 bridgehead atoms. The van der Waals surface area contributed by atoms with E-state index in [1.165, 1.54) is 23.5 Å². The average molecular weight is 282 g/mol. The van der Waals surface area contributed by atoms with Crippen LogP contribution in [0.3, 0.4) is 0 Å². The lowest BCUT2D eigenvalue weighted by atomic mass is 10.2. The van der Waals surface area contributed by atoms with Crippen LogP contribution >= 0.6 is 11.3 Å². The van der Waals surface area contributed by atoms with Crippen molar-refractivity contribution in [1.29, 1.82) is 5.26 Å². The quantitative estimate of drug-likeness (QED) is 0.903. The van der Waals surface area contributed by atoms with Gasteiger partial charge in [-0.25, -0.2) is 0 Å². The van der Waals surface area contributed by atoms with Crippen molar-refractivity contribution in [3.05, 3.63) is 52.2 Å². The monoisotopic (exact) mass is 282 g/mol. The van der Waals surface area contributed by atoms with Gasteiger partial charge in [0.05, 0.1) is 11.6 Å². The van der Waals surface area contributed by atoms with Gasteiger partial charge in [0.15, 0.2) is 0 Å². The first-order valence-electron chi connectivity index (χ1n) is 5.37. The Hall–Kier alpha value is -2.00. The van der Waals surface area contributed by atoms with E-state index in [1.54, 1.807) is 6.07 Å². The number of rotatable bonds is 3. The number of hydrogen-bond acceptors (Lipinski definition) is 3. The first kappa shape index (κ1) is 13.4. The summed E-state index contributed by atoms with van der Waals surface area (Å²) >= 11 is 1.42. The number of nitriles is 1. The number of anilines is 1. The Balaban J connectivity index is 2.14. The van der Waals surface area contributed by atoms with E-state index in [1.807, 2.05) is 11.4 Å². The van der Waals surface area contributed by atoms with E-state index in [4.69, 9.17) is 5.26 Å². The summed E-state index contributed by atoms with van der Waals surface area (Å²) < 4.78 is 37.2. The van der Waals surface area contributed by atoms with Crippen LogP contribution in [0.15, 0.2) is 41.8 Å². The van der Waals surface area contributed by atoms with Crippen molar-refractivity contribution in [2.24, 2.45) is 0 Å². The Morgan fingerprint density at radius 1 is 1.16 bits per heavy atom. The third kappa shape index (κ3) is 3.26. The van der Waals surface area contributed by atoms with Crippen LogP contribution in [-0.4, -0.2) is 0 Å². The summed E-state index contributed by atoms with van der Waals surface area (Å²) in [4.78, 5) is 0.822. The first-order valence-corrected chi connectivity index (χ1v) is 6.25. The Morgan fingerprint density at radius 2 is 1.84 bits per heavy atom. The third-order valence-corrected chi connectivity index (χ3v) is 3.42. The van der Waals surface area contributed by atoms with Gasteiger partial charge in [-0.1, -0.05) is 6.07 Å². The number of alkyl halides is 3. The molecule has 1 unspecified atom stereocenters. The summed E-state index contributed by atoms with van der Waals surface area (Å²) in [6.45, 7) is 0. The fraction of sp³-hybridized carbons (Fsp3) is 0.154. The molecule has 1 aromatic heterocycles. The van der Waals surface area contributed by atoms with Gasteiger partial charge in [0.1, 0.15) is 6.04 Å². The van der Waals surface area contributed by atoms with Gasteiger partial charge in [-0.3, -0.25) is 0 Å². The van der Waals surface area contributed by atoms with E-state index < -0.39 is 17.8 Å². The second-order valence-electron chi connectivity index (χ2n) is 3.80. The zero-order chi connectivity index (χ0) is 13.9. The summed E-state index contributed by atoms with van der Waals surface area (Å²) in [6.07, 6.45) is -4.35. The molecule has 0 spiro atoms. The fourth-order valence-electron chi connectivity index (χ4n) is 1.54. The van der Waals surface area contributed by atoms with Gasteiger partial charge in [-0.05, 0) is 35.7 Å². The van der Waals surface area contributed by atoms with Gasteiger partial charge in [-0.2, -0.15) is 18.4 Å². The maximum Gasteiger partial charge on any atom is 0.416 e. The van der Waals surface area contributed by atoms with Crippen molar-refractivity contribution in [2.75, 3.05) is 5.32 Å². The van der Waals surface area contributed by atoms with E-state index >= 15 is 0 Å². The molecule has 0 amide bonds. The highest BCUT2D eigenvalue weighted by molar-refractivity contribution is 7.10. The maximum atomic E-state index is 12.4. The second kappa shape index (κ2) is 5.33. The van der Waals surface area contributed by atoms with Gasteiger partial charge < -0.3 is 5.32 Å². The van der Waals surface area contributed by atoms with Crippen molar-refractivity contribution in [1.82, 2.24) is 0 Å². The molecule has 0 fully saturated rings. The summed E-state index contributed by atoms with van der Waals surface area (Å²) in [6, 6.07) is 9.76. The topological polar surface area (TPSA) is 35.8 Å². The fourth-order valence-corrected chi connectivity index (χ4v) is 2.26. The van der Waals surface area contributed by atoms with Gasteiger partial charge in [0, 0.05) is 10.6 Å². The highest BCUT2D eigenvalue weighted by Gasteiger charge is 2.30. The van der Waals surface area contributed by atoms with E-state index in [9.17, 15) is 13.2 Å². The van der Waals surface area contributed by atoms with Crippen molar-refractivity contribution in [3.8, 4) is 6.07 Å². The minimum Gasteiger partial charge on any atom is -0.366 e. The number of thiophene rings is 1. The molecule has 0 radical (unpaired) electrons. The summed E-state index contributed by atoms with van der Waals surface area (Å²) in [5.74, 6) is 0. The van der Waals surface area contributed by atoms with Gasteiger partial charge >= 0.3 is 6.18 Å². The molecular weight excluding hydrogens is 273 g/mol. The Morgan fingerprint density at radius 3 is 2.32 bits per heavy atom. The summed E-state index contributed by atoms with van der Waals surface area (Å²) in [7, 11) is 0. The van der Waals surface area contributed by atoms with Gasteiger partial charge in [0.2, 0.25) is 0 Å². The molecule has 0 saturated heterocycles. The zero-order valence-electron chi connectivity index (χ0n) is 9.61. The molecule has 2 aromatic rings. The van der Waals surface area contributed by atoms with Crippen LogP contribution in [-0.2, 0) is 6.18 Å². The van der Waals surface area contributed by atoms with Gasteiger partial charge in [-0.15, -0.1) is 11.3 Å². The molecule has 6 heteroatoms. The molecule has 1 aromatic carbocycles. The van der Waals surface area contributed by atoms with Crippen LogP contribution in [0.5, 0.6) is 0 Å². The molecule has 1 N–H and O–H groups in total.